The molecule has 4 nitrogen and oxygen atoms in total. The molecule has 104 valence electrons. The van der Waals surface area contributed by atoms with Crippen LogP contribution in [0.4, 0.5) is 0 Å². The molecule has 0 radical (unpaired) electrons. The van der Waals surface area contributed by atoms with E-state index in [0.29, 0.717) is 0 Å². The van der Waals surface area contributed by atoms with E-state index >= 15 is 0 Å². The molecule has 0 aliphatic rings. The maximum atomic E-state index is 5.33. The molecule has 0 saturated heterocycles. The van der Waals surface area contributed by atoms with Gasteiger partial charge in [0, 0.05) is 11.6 Å². The van der Waals surface area contributed by atoms with Gasteiger partial charge in [-0.05, 0) is 24.3 Å². The number of rotatable bonds is 5. The molecule has 0 aliphatic carbocycles. The SMILES string of the molecule is COc1ccc(-c2cc(CC[NH+](C)C)on2)cc1.[Cl-]. The minimum atomic E-state index is 0. The molecule has 19 heavy (non-hydrogen) atoms. The highest BCUT2D eigenvalue weighted by molar-refractivity contribution is 5.59. The van der Waals surface area contributed by atoms with E-state index in [4.69, 9.17) is 9.26 Å². The van der Waals surface area contributed by atoms with Crippen molar-refractivity contribution < 1.29 is 26.6 Å². The molecular weight excluding hydrogens is 264 g/mol. The van der Waals surface area contributed by atoms with Crippen molar-refractivity contribution in [2.24, 2.45) is 0 Å². The van der Waals surface area contributed by atoms with Crippen molar-refractivity contribution in [2.45, 2.75) is 6.42 Å². The lowest BCUT2D eigenvalue weighted by Gasteiger charge is -2.03. The Hall–Kier alpha value is -1.52. The van der Waals surface area contributed by atoms with Gasteiger partial charge in [-0.2, -0.15) is 0 Å². The number of nitrogens with one attached hydrogen (secondary N) is 1. The Morgan fingerprint density at radius 3 is 2.47 bits per heavy atom. The highest BCUT2D eigenvalue weighted by Crippen LogP contribution is 2.22. The van der Waals surface area contributed by atoms with Crippen LogP contribution in [0.3, 0.4) is 0 Å². The van der Waals surface area contributed by atoms with Crippen molar-refractivity contribution in [1.82, 2.24) is 5.16 Å². The molecule has 0 atom stereocenters. The van der Waals surface area contributed by atoms with Crippen LogP contribution in [0.25, 0.3) is 11.3 Å². The Balaban J connectivity index is 0.00000180. The van der Waals surface area contributed by atoms with Gasteiger partial charge in [0.15, 0.2) is 0 Å². The maximum absolute atomic E-state index is 5.33. The molecule has 1 heterocycles. The van der Waals surface area contributed by atoms with Crippen LogP contribution in [0.1, 0.15) is 5.76 Å². The smallest absolute Gasteiger partial charge is 0.142 e. The highest BCUT2D eigenvalue weighted by Gasteiger charge is 2.07. The third-order valence-electron chi connectivity index (χ3n) is 2.82. The van der Waals surface area contributed by atoms with Crippen molar-refractivity contribution in [1.29, 1.82) is 0 Å². The van der Waals surface area contributed by atoms with E-state index in [0.717, 1.165) is 35.7 Å². The second kappa shape index (κ2) is 7.16. The summed E-state index contributed by atoms with van der Waals surface area (Å²) in [5, 5.41) is 4.09. The molecule has 2 aromatic rings. The summed E-state index contributed by atoms with van der Waals surface area (Å²) in [5.74, 6) is 1.78. The van der Waals surface area contributed by atoms with Crippen molar-refractivity contribution in [3.05, 3.63) is 36.1 Å². The zero-order valence-electron chi connectivity index (χ0n) is 11.4. The lowest BCUT2D eigenvalue weighted by Crippen LogP contribution is -3.05. The highest BCUT2D eigenvalue weighted by atomic mass is 35.5. The number of hydrogen-bond acceptors (Lipinski definition) is 3. The minimum Gasteiger partial charge on any atom is -1.00 e. The molecule has 0 fully saturated rings. The fraction of sp³-hybridized carbons (Fsp3) is 0.357. The number of benzene rings is 1. The van der Waals surface area contributed by atoms with Gasteiger partial charge >= 0.3 is 0 Å². The van der Waals surface area contributed by atoms with Crippen LogP contribution in [-0.4, -0.2) is 32.9 Å². The number of halogens is 1. The second-order valence-electron chi connectivity index (χ2n) is 4.61. The van der Waals surface area contributed by atoms with E-state index < -0.39 is 0 Å². The molecule has 0 saturated carbocycles. The van der Waals surface area contributed by atoms with Crippen molar-refractivity contribution >= 4 is 0 Å². The predicted octanol–water partition coefficient (Wildman–Crippen LogP) is -1.96. The first-order chi connectivity index (χ1) is 8.69. The summed E-state index contributed by atoms with van der Waals surface area (Å²) in [6, 6.07) is 9.82. The minimum absolute atomic E-state index is 0. The van der Waals surface area contributed by atoms with E-state index in [-0.39, 0.29) is 12.4 Å². The summed E-state index contributed by atoms with van der Waals surface area (Å²) in [4.78, 5) is 1.40. The first kappa shape index (κ1) is 15.5. The fourth-order valence-electron chi connectivity index (χ4n) is 1.70. The quantitative estimate of drug-likeness (QED) is 0.692. The standard InChI is InChI=1S/C14H18N2O2.ClH/c1-16(2)9-8-13-10-14(15-18-13)11-4-6-12(17-3)7-5-11;/h4-7,10H,8-9H2,1-3H3;1H. The lowest BCUT2D eigenvalue weighted by molar-refractivity contribution is -0.858. The Bertz CT molecular complexity index is 494. The molecule has 1 N–H and O–H groups in total. The van der Waals surface area contributed by atoms with Crippen molar-refractivity contribution in [2.75, 3.05) is 27.7 Å². The van der Waals surface area contributed by atoms with E-state index in [2.05, 4.69) is 19.3 Å². The van der Waals surface area contributed by atoms with Gasteiger partial charge in [-0.3, -0.25) is 0 Å². The van der Waals surface area contributed by atoms with E-state index in [1.54, 1.807) is 7.11 Å². The number of likely N-dealkylation sites (N-methyl/N-ethyl adjacent to an activating group) is 1. The number of ether oxygens (including phenoxy) is 1. The topological polar surface area (TPSA) is 39.7 Å². The summed E-state index contributed by atoms with van der Waals surface area (Å²) in [6.45, 7) is 1.04. The molecule has 2 rings (SSSR count). The number of quaternary nitrogens is 1. The molecule has 0 aliphatic heterocycles. The van der Waals surface area contributed by atoms with Crippen LogP contribution in [0.15, 0.2) is 34.9 Å². The average molecular weight is 283 g/mol. The average Bonchev–Trinajstić information content (AvgIpc) is 2.85. The third kappa shape index (κ3) is 4.26. The van der Waals surface area contributed by atoms with Crippen LogP contribution in [-0.2, 0) is 6.42 Å². The van der Waals surface area contributed by atoms with Gasteiger partial charge in [0.05, 0.1) is 34.2 Å². The van der Waals surface area contributed by atoms with Crippen molar-refractivity contribution in [3.63, 3.8) is 0 Å². The summed E-state index contributed by atoms with van der Waals surface area (Å²) < 4.78 is 10.5. The van der Waals surface area contributed by atoms with Gasteiger partial charge in [-0.25, -0.2) is 0 Å². The molecule has 0 amide bonds. The molecule has 1 aromatic carbocycles. The zero-order chi connectivity index (χ0) is 13.0. The summed E-state index contributed by atoms with van der Waals surface area (Å²) in [6.07, 6.45) is 0.908. The van der Waals surface area contributed by atoms with Gasteiger partial charge in [-0.15, -0.1) is 0 Å². The maximum Gasteiger partial charge on any atom is 0.142 e. The van der Waals surface area contributed by atoms with Crippen LogP contribution < -0.4 is 22.0 Å². The van der Waals surface area contributed by atoms with E-state index in [9.17, 15) is 0 Å². The predicted molar refractivity (Wildman–Crippen MR) is 69.9 cm³/mol. The van der Waals surface area contributed by atoms with E-state index in [1.807, 2.05) is 30.3 Å². The summed E-state index contributed by atoms with van der Waals surface area (Å²) >= 11 is 0. The van der Waals surface area contributed by atoms with Gasteiger partial charge in [0.25, 0.3) is 0 Å². The van der Waals surface area contributed by atoms with Gasteiger partial charge in [0.2, 0.25) is 0 Å². The van der Waals surface area contributed by atoms with Crippen LogP contribution in [0.5, 0.6) is 5.75 Å². The van der Waals surface area contributed by atoms with Crippen LogP contribution in [0, 0.1) is 0 Å². The molecular formula is C14H19ClN2O2. The zero-order valence-corrected chi connectivity index (χ0v) is 12.2. The Morgan fingerprint density at radius 2 is 1.89 bits per heavy atom. The fourth-order valence-corrected chi connectivity index (χ4v) is 1.70. The molecule has 0 bridgehead atoms. The largest absolute Gasteiger partial charge is 1.00 e. The van der Waals surface area contributed by atoms with Gasteiger partial charge in [-0.1, -0.05) is 5.16 Å². The Labute approximate surface area is 119 Å². The van der Waals surface area contributed by atoms with Gasteiger partial charge < -0.3 is 26.6 Å². The van der Waals surface area contributed by atoms with Gasteiger partial charge in [0.1, 0.15) is 17.2 Å². The number of methoxy groups -OCH3 is 1. The molecule has 5 heteroatoms. The first-order valence-electron chi connectivity index (χ1n) is 6.08. The number of aromatic nitrogens is 1. The van der Waals surface area contributed by atoms with Crippen LogP contribution in [0.2, 0.25) is 0 Å². The van der Waals surface area contributed by atoms with E-state index in [1.165, 1.54) is 4.90 Å². The summed E-state index contributed by atoms with van der Waals surface area (Å²) in [5.41, 5.74) is 1.92. The normalized spacial score (nSPS) is 10.3. The molecule has 0 spiro atoms. The monoisotopic (exact) mass is 282 g/mol. The molecule has 1 aromatic heterocycles. The first-order valence-corrected chi connectivity index (χ1v) is 6.08. The summed E-state index contributed by atoms with van der Waals surface area (Å²) in [7, 11) is 5.91. The Kier molecular flexibility index (Phi) is 5.86. The van der Waals surface area contributed by atoms with Crippen molar-refractivity contribution in [3.8, 4) is 17.0 Å². The van der Waals surface area contributed by atoms with Crippen LogP contribution >= 0.6 is 0 Å². The Morgan fingerprint density at radius 1 is 1.21 bits per heavy atom. The number of nitrogens with zero attached hydrogens (tertiary/aromatic N) is 1. The molecule has 0 unspecified atom stereocenters. The second-order valence-corrected chi connectivity index (χ2v) is 4.61. The third-order valence-corrected chi connectivity index (χ3v) is 2.82. The lowest BCUT2D eigenvalue weighted by atomic mass is 10.1. The number of hydrogen-bond donors (Lipinski definition) is 1.